The summed E-state index contributed by atoms with van der Waals surface area (Å²) >= 11 is 0. The Morgan fingerprint density at radius 2 is 2.00 bits per heavy atom. The number of nitrogens with one attached hydrogen (secondary N) is 2. The Labute approximate surface area is 136 Å². The Balaban J connectivity index is 2.13. The fraction of sp³-hybridized carbons (Fsp3) is 0.250. The van der Waals surface area contributed by atoms with E-state index in [9.17, 15) is 18.0 Å². The second kappa shape index (κ2) is 7.20. The number of aromatic nitrogens is 1. The molecule has 0 aliphatic rings. The van der Waals surface area contributed by atoms with Gasteiger partial charge < -0.3 is 15.4 Å². The fourth-order valence-electron chi connectivity index (χ4n) is 2.05. The summed E-state index contributed by atoms with van der Waals surface area (Å²) in [6.07, 6.45) is -3.32. The lowest BCUT2D eigenvalue weighted by Gasteiger charge is -2.12. The molecule has 24 heavy (non-hydrogen) atoms. The highest BCUT2D eigenvalue weighted by Crippen LogP contribution is 2.30. The molecule has 0 fully saturated rings. The third-order valence-corrected chi connectivity index (χ3v) is 3.14. The van der Waals surface area contributed by atoms with Gasteiger partial charge in [0, 0.05) is 19.7 Å². The van der Waals surface area contributed by atoms with Gasteiger partial charge >= 0.3 is 6.18 Å². The Hall–Kier alpha value is -2.77. The van der Waals surface area contributed by atoms with E-state index in [1.54, 1.807) is 18.2 Å². The number of carbonyl (C=O) groups excluding carboxylic acids is 1. The van der Waals surface area contributed by atoms with E-state index in [0.29, 0.717) is 11.4 Å². The summed E-state index contributed by atoms with van der Waals surface area (Å²) in [5.41, 5.74) is 0.466. The van der Waals surface area contributed by atoms with Crippen LogP contribution in [0.3, 0.4) is 0 Å². The number of benzene rings is 1. The van der Waals surface area contributed by atoms with Crippen LogP contribution < -0.4 is 15.4 Å². The maximum Gasteiger partial charge on any atom is 0.416 e. The fourth-order valence-corrected chi connectivity index (χ4v) is 2.05. The molecule has 1 aromatic carbocycles. The lowest BCUT2D eigenvalue weighted by molar-refractivity contribution is -0.137. The van der Waals surface area contributed by atoms with E-state index in [2.05, 4.69) is 15.6 Å². The molecule has 2 N–H and O–H groups in total. The van der Waals surface area contributed by atoms with Gasteiger partial charge in [0.1, 0.15) is 11.6 Å². The number of hydrogen-bond donors (Lipinski definition) is 2. The molecular formula is C16H16F3N3O2. The van der Waals surface area contributed by atoms with Crippen molar-refractivity contribution in [3.05, 3.63) is 47.7 Å². The molecule has 0 radical (unpaired) electrons. The number of pyridine rings is 1. The topological polar surface area (TPSA) is 63.2 Å². The molecule has 0 atom stereocenters. The monoisotopic (exact) mass is 339 g/mol. The SMILES string of the molecule is COc1ccc(CNc2cc(C(F)(F)F)ccn2)cc1NC(C)=O. The Morgan fingerprint density at radius 3 is 2.62 bits per heavy atom. The first-order chi connectivity index (χ1) is 11.3. The lowest BCUT2D eigenvalue weighted by Crippen LogP contribution is -2.09. The molecule has 1 aromatic heterocycles. The summed E-state index contributed by atoms with van der Waals surface area (Å²) < 4.78 is 43.2. The van der Waals surface area contributed by atoms with E-state index in [1.165, 1.54) is 14.0 Å². The van der Waals surface area contributed by atoms with E-state index < -0.39 is 11.7 Å². The highest BCUT2D eigenvalue weighted by Gasteiger charge is 2.30. The van der Waals surface area contributed by atoms with Gasteiger partial charge in [-0.1, -0.05) is 6.07 Å². The maximum absolute atomic E-state index is 12.7. The highest BCUT2D eigenvalue weighted by molar-refractivity contribution is 5.90. The smallest absolute Gasteiger partial charge is 0.416 e. The number of halogens is 3. The second-order valence-electron chi connectivity index (χ2n) is 5.00. The second-order valence-corrected chi connectivity index (χ2v) is 5.00. The van der Waals surface area contributed by atoms with Crippen molar-refractivity contribution in [2.24, 2.45) is 0 Å². The van der Waals surface area contributed by atoms with E-state index in [0.717, 1.165) is 23.9 Å². The molecule has 1 amide bonds. The quantitative estimate of drug-likeness (QED) is 0.872. The number of rotatable bonds is 5. The molecule has 5 nitrogen and oxygen atoms in total. The molecule has 0 unspecified atom stereocenters. The molecule has 0 aliphatic heterocycles. The Morgan fingerprint density at radius 1 is 1.25 bits per heavy atom. The van der Waals surface area contributed by atoms with Crippen LogP contribution in [0.25, 0.3) is 0 Å². The van der Waals surface area contributed by atoms with Crippen LogP contribution in [0, 0.1) is 0 Å². The van der Waals surface area contributed by atoms with Crippen LogP contribution in [0.5, 0.6) is 5.75 Å². The van der Waals surface area contributed by atoms with Crippen molar-refractivity contribution in [2.75, 3.05) is 17.7 Å². The summed E-state index contributed by atoms with van der Waals surface area (Å²) in [5.74, 6) is 0.353. The number of methoxy groups -OCH3 is 1. The molecule has 8 heteroatoms. The number of nitrogens with zero attached hydrogens (tertiary/aromatic N) is 1. The molecule has 0 saturated carbocycles. The molecule has 1 heterocycles. The number of ether oxygens (including phenoxy) is 1. The molecule has 128 valence electrons. The van der Waals surface area contributed by atoms with Gasteiger partial charge in [0.2, 0.25) is 5.91 Å². The lowest BCUT2D eigenvalue weighted by atomic mass is 10.1. The van der Waals surface area contributed by atoms with Gasteiger partial charge in [-0.3, -0.25) is 4.79 Å². The summed E-state index contributed by atoms with van der Waals surface area (Å²) in [4.78, 5) is 15.1. The van der Waals surface area contributed by atoms with Crippen LogP contribution in [0.2, 0.25) is 0 Å². The normalized spacial score (nSPS) is 11.0. The minimum Gasteiger partial charge on any atom is -0.495 e. The first kappa shape index (κ1) is 17.6. The average Bonchev–Trinajstić information content (AvgIpc) is 2.52. The third kappa shape index (κ3) is 4.61. The van der Waals surface area contributed by atoms with Crippen molar-refractivity contribution in [2.45, 2.75) is 19.6 Å². The van der Waals surface area contributed by atoms with Crippen LogP contribution in [0.15, 0.2) is 36.5 Å². The van der Waals surface area contributed by atoms with E-state index in [-0.39, 0.29) is 18.3 Å². The van der Waals surface area contributed by atoms with Crippen molar-refractivity contribution in [3.63, 3.8) is 0 Å². The zero-order valence-corrected chi connectivity index (χ0v) is 13.1. The van der Waals surface area contributed by atoms with Crippen LogP contribution in [-0.2, 0) is 17.5 Å². The van der Waals surface area contributed by atoms with Crippen LogP contribution in [0.4, 0.5) is 24.7 Å². The van der Waals surface area contributed by atoms with Gasteiger partial charge in [0.15, 0.2) is 0 Å². The third-order valence-electron chi connectivity index (χ3n) is 3.14. The first-order valence-corrected chi connectivity index (χ1v) is 7.01. The maximum atomic E-state index is 12.7. The van der Waals surface area contributed by atoms with Gasteiger partial charge in [-0.25, -0.2) is 4.98 Å². The number of hydrogen-bond acceptors (Lipinski definition) is 4. The van der Waals surface area contributed by atoms with Crippen LogP contribution in [-0.4, -0.2) is 18.0 Å². The summed E-state index contributed by atoms with van der Waals surface area (Å²) in [7, 11) is 1.48. The zero-order valence-electron chi connectivity index (χ0n) is 13.1. The summed E-state index contributed by atoms with van der Waals surface area (Å²) in [6.45, 7) is 1.61. The van der Waals surface area contributed by atoms with Gasteiger partial charge in [0.05, 0.1) is 18.4 Å². The van der Waals surface area contributed by atoms with Crippen LogP contribution in [0.1, 0.15) is 18.1 Å². The predicted octanol–water partition coefficient (Wildman–Crippen LogP) is 3.68. The van der Waals surface area contributed by atoms with Crippen molar-refractivity contribution in [3.8, 4) is 5.75 Å². The van der Waals surface area contributed by atoms with Gasteiger partial charge in [0.25, 0.3) is 0 Å². The van der Waals surface area contributed by atoms with E-state index >= 15 is 0 Å². The summed E-state index contributed by atoms with van der Waals surface area (Å²) in [6, 6.07) is 6.94. The van der Waals surface area contributed by atoms with E-state index in [1.807, 2.05) is 0 Å². The molecule has 0 aliphatic carbocycles. The molecule has 0 saturated heterocycles. The Bertz CT molecular complexity index is 733. The van der Waals surface area contributed by atoms with Gasteiger partial charge in [-0.05, 0) is 29.8 Å². The average molecular weight is 339 g/mol. The molecule has 2 aromatic rings. The van der Waals surface area contributed by atoms with E-state index in [4.69, 9.17) is 4.74 Å². The van der Waals surface area contributed by atoms with Gasteiger partial charge in [-0.2, -0.15) is 13.2 Å². The Kier molecular flexibility index (Phi) is 5.28. The number of amides is 1. The van der Waals surface area contributed by atoms with Crippen molar-refractivity contribution in [1.82, 2.24) is 4.98 Å². The molecular weight excluding hydrogens is 323 g/mol. The highest BCUT2D eigenvalue weighted by atomic mass is 19.4. The van der Waals surface area contributed by atoms with Gasteiger partial charge in [-0.15, -0.1) is 0 Å². The number of alkyl halides is 3. The van der Waals surface area contributed by atoms with Crippen LogP contribution >= 0.6 is 0 Å². The number of carbonyl (C=O) groups is 1. The minimum atomic E-state index is -4.42. The van der Waals surface area contributed by atoms with Crippen molar-refractivity contribution < 1.29 is 22.7 Å². The summed E-state index contributed by atoms with van der Waals surface area (Å²) in [5, 5.41) is 5.46. The molecule has 2 rings (SSSR count). The standard InChI is InChI=1S/C16H16F3N3O2/c1-10(23)22-13-7-11(3-4-14(13)24-2)9-21-15-8-12(5-6-20-15)16(17,18)19/h3-8H,9H2,1-2H3,(H,20,21)(H,22,23). The van der Waals surface area contributed by atoms with Crippen molar-refractivity contribution in [1.29, 1.82) is 0 Å². The first-order valence-electron chi connectivity index (χ1n) is 7.01. The largest absolute Gasteiger partial charge is 0.495 e. The molecule has 0 spiro atoms. The number of anilines is 2. The molecule has 0 bridgehead atoms. The zero-order chi connectivity index (χ0) is 17.7. The minimum absolute atomic E-state index is 0.113. The predicted molar refractivity (Wildman–Crippen MR) is 83.9 cm³/mol. The van der Waals surface area contributed by atoms with Crippen molar-refractivity contribution >= 4 is 17.4 Å².